The van der Waals surface area contributed by atoms with Gasteiger partial charge >= 0.3 is 0 Å². The molecule has 1 amide bonds. The fourth-order valence-corrected chi connectivity index (χ4v) is 2.01. The Kier molecular flexibility index (Phi) is 5.38. The molecule has 0 saturated carbocycles. The Hall–Kier alpha value is -2.53. The maximum atomic E-state index is 12.0. The third-order valence-electron chi connectivity index (χ3n) is 2.83. The van der Waals surface area contributed by atoms with Gasteiger partial charge in [-0.2, -0.15) is 0 Å². The molecular weight excluding hydrogens is 304 g/mol. The number of halogens is 1. The molecule has 22 heavy (non-hydrogen) atoms. The SMILES string of the molecule is COc1cc(OC)c(NC(=O)/C=C/c2ccccn2)cc1Cl. The Morgan fingerprint density at radius 3 is 2.64 bits per heavy atom. The molecule has 5 nitrogen and oxygen atoms in total. The molecule has 2 rings (SSSR count). The molecule has 6 heteroatoms. The van der Waals surface area contributed by atoms with Crippen LogP contribution in [-0.4, -0.2) is 25.1 Å². The Morgan fingerprint density at radius 1 is 1.23 bits per heavy atom. The van der Waals surface area contributed by atoms with Crippen molar-refractivity contribution in [2.75, 3.05) is 19.5 Å². The van der Waals surface area contributed by atoms with E-state index >= 15 is 0 Å². The molecule has 0 saturated heterocycles. The average molecular weight is 319 g/mol. The average Bonchev–Trinajstić information content (AvgIpc) is 2.54. The zero-order valence-electron chi connectivity index (χ0n) is 12.2. The lowest BCUT2D eigenvalue weighted by molar-refractivity contribution is -0.111. The smallest absolute Gasteiger partial charge is 0.248 e. The van der Waals surface area contributed by atoms with Gasteiger partial charge in [0.1, 0.15) is 11.5 Å². The molecule has 0 aliphatic rings. The summed E-state index contributed by atoms with van der Waals surface area (Å²) in [5.74, 6) is 0.617. The topological polar surface area (TPSA) is 60.5 Å². The number of nitrogens with one attached hydrogen (secondary N) is 1. The summed E-state index contributed by atoms with van der Waals surface area (Å²) in [7, 11) is 3.01. The van der Waals surface area contributed by atoms with Crippen LogP contribution in [0.3, 0.4) is 0 Å². The van der Waals surface area contributed by atoms with Crippen molar-refractivity contribution in [3.05, 3.63) is 53.3 Å². The number of rotatable bonds is 5. The van der Waals surface area contributed by atoms with Gasteiger partial charge in [0, 0.05) is 18.3 Å². The Balaban J connectivity index is 2.14. The Bertz CT molecular complexity index is 687. The van der Waals surface area contributed by atoms with Crippen LogP contribution in [-0.2, 0) is 4.79 Å². The maximum Gasteiger partial charge on any atom is 0.248 e. The van der Waals surface area contributed by atoms with Crippen molar-refractivity contribution in [1.29, 1.82) is 0 Å². The zero-order chi connectivity index (χ0) is 15.9. The Labute approximate surface area is 133 Å². The monoisotopic (exact) mass is 318 g/mol. The molecule has 1 heterocycles. The number of hydrogen-bond acceptors (Lipinski definition) is 4. The summed E-state index contributed by atoms with van der Waals surface area (Å²) in [5.41, 5.74) is 1.15. The van der Waals surface area contributed by atoms with E-state index in [4.69, 9.17) is 21.1 Å². The first-order valence-corrected chi connectivity index (χ1v) is 6.83. The molecule has 1 aromatic carbocycles. The van der Waals surface area contributed by atoms with Crippen LogP contribution in [0.5, 0.6) is 11.5 Å². The van der Waals surface area contributed by atoms with Crippen molar-refractivity contribution in [3.8, 4) is 11.5 Å². The first-order valence-electron chi connectivity index (χ1n) is 6.45. The fraction of sp³-hybridized carbons (Fsp3) is 0.125. The summed E-state index contributed by atoms with van der Waals surface area (Å²) in [6.07, 6.45) is 4.66. The molecule has 0 aliphatic heterocycles. The number of amides is 1. The van der Waals surface area contributed by atoms with Gasteiger partial charge in [-0.3, -0.25) is 9.78 Å². The maximum absolute atomic E-state index is 12.0. The predicted octanol–water partition coefficient (Wildman–Crippen LogP) is 3.40. The number of hydrogen-bond donors (Lipinski definition) is 1. The largest absolute Gasteiger partial charge is 0.495 e. The number of pyridine rings is 1. The third-order valence-corrected chi connectivity index (χ3v) is 3.12. The molecule has 114 valence electrons. The molecule has 0 radical (unpaired) electrons. The van der Waals surface area contributed by atoms with Crippen LogP contribution in [0.2, 0.25) is 5.02 Å². The summed E-state index contributed by atoms with van der Waals surface area (Å²) in [6.45, 7) is 0. The zero-order valence-corrected chi connectivity index (χ0v) is 12.9. The first-order chi connectivity index (χ1) is 10.6. The minimum absolute atomic E-state index is 0.315. The summed E-state index contributed by atoms with van der Waals surface area (Å²) in [4.78, 5) is 16.1. The van der Waals surface area contributed by atoms with Crippen LogP contribution in [0.25, 0.3) is 6.08 Å². The van der Waals surface area contributed by atoms with Crippen molar-refractivity contribution >= 4 is 29.3 Å². The highest BCUT2D eigenvalue weighted by molar-refractivity contribution is 6.32. The third kappa shape index (κ3) is 3.99. The predicted molar refractivity (Wildman–Crippen MR) is 86.5 cm³/mol. The van der Waals surface area contributed by atoms with Gasteiger partial charge < -0.3 is 14.8 Å². The standard InChI is InChI=1S/C16H15ClN2O3/c1-21-14-10-15(22-2)13(9-12(14)17)19-16(20)7-6-11-5-3-4-8-18-11/h3-10H,1-2H3,(H,19,20)/b7-6+. The van der Waals surface area contributed by atoms with Gasteiger partial charge in [-0.15, -0.1) is 0 Å². The van der Waals surface area contributed by atoms with Gasteiger partial charge in [-0.1, -0.05) is 17.7 Å². The Morgan fingerprint density at radius 2 is 2.00 bits per heavy atom. The second kappa shape index (κ2) is 7.47. The van der Waals surface area contributed by atoms with Crippen molar-refractivity contribution in [3.63, 3.8) is 0 Å². The van der Waals surface area contributed by atoms with Crippen molar-refractivity contribution in [1.82, 2.24) is 4.98 Å². The van der Waals surface area contributed by atoms with E-state index < -0.39 is 0 Å². The number of carbonyl (C=O) groups excluding carboxylic acids is 1. The van der Waals surface area contributed by atoms with E-state index in [-0.39, 0.29) is 5.91 Å². The van der Waals surface area contributed by atoms with Gasteiger partial charge in [-0.25, -0.2) is 0 Å². The van der Waals surface area contributed by atoms with Crippen LogP contribution >= 0.6 is 11.6 Å². The molecule has 1 N–H and O–H groups in total. The second-order valence-electron chi connectivity index (χ2n) is 4.26. The van der Waals surface area contributed by atoms with Gasteiger partial charge in [0.05, 0.1) is 30.6 Å². The lowest BCUT2D eigenvalue weighted by atomic mass is 10.2. The van der Waals surface area contributed by atoms with Crippen LogP contribution < -0.4 is 14.8 Å². The molecule has 1 aromatic heterocycles. The summed E-state index contributed by atoms with van der Waals surface area (Å²) in [5, 5.41) is 3.09. The van der Waals surface area contributed by atoms with E-state index in [1.165, 1.54) is 20.3 Å². The van der Waals surface area contributed by atoms with Crippen LogP contribution in [0, 0.1) is 0 Å². The summed E-state index contributed by atoms with van der Waals surface area (Å²) >= 11 is 6.06. The summed E-state index contributed by atoms with van der Waals surface area (Å²) < 4.78 is 10.3. The normalized spacial score (nSPS) is 10.5. The minimum atomic E-state index is -0.315. The fourth-order valence-electron chi connectivity index (χ4n) is 1.77. The molecule has 0 spiro atoms. The second-order valence-corrected chi connectivity index (χ2v) is 4.67. The summed E-state index contributed by atoms with van der Waals surface area (Å²) in [6, 6.07) is 8.64. The van der Waals surface area contributed by atoms with Gasteiger partial charge in [0.15, 0.2) is 0 Å². The lowest BCUT2D eigenvalue weighted by Crippen LogP contribution is -2.09. The molecule has 0 atom stereocenters. The van der Waals surface area contributed by atoms with Crippen molar-refractivity contribution in [2.45, 2.75) is 0 Å². The van der Waals surface area contributed by atoms with E-state index in [9.17, 15) is 4.79 Å². The molecule has 2 aromatic rings. The van der Waals surface area contributed by atoms with Crippen molar-refractivity contribution < 1.29 is 14.3 Å². The minimum Gasteiger partial charge on any atom is -0.495 e. The first kappa shape index (κ1) is 15.9. The highest BCUT2D eigenvalue weighted by Crippen LogP contribution is 2.35. The molecule has 0 aliphatic carbocycles. The van der Waals surface area contributed by atoms with Gasteiger partial charge in [-0.05, 0) is 24.3 Å². The van der Waals surface area contributed by atoms with Crippen LogP contribution in [0.4, 0.5) is 5.69 Å². The van der Waals surface area contributed by atoms with Gasteiger partial charge in [0.2, 0.25) is 5.91 Å². The van der Waals surface area contributed by atoms with Crippen molar-refractivity contribution in [2.24, 2.45) is 0 Å². The van der Waals surface area contributed by atoms with E-state index in [1.54, 1.807) is 30.5 Å². The number of carbonyl (C=O) groups is 1. The van der Waals surface area contributed by atoms with E-state index in [1.807, 2.05) is 12.1 Å². The number of nitrogens with zero attached hydrogens (tertiary/aromatic N) is 1. The molecular formula is C16H15ClN2O3. The van der Waals surface area contributed by atoms with Crippen LogP contribution in [0.15, 0.2) is 42.6 Å². The van der Waals surface area contributed by atoms with Gasteiger partial charge in [0.25, 0.3) is 0 Å². The van der Waals surface area contributed by atoms with Crippen LogP contribution in [0.1, 0.15) is 5.69 Å². The van der Waals surface area contributed by atoms with E-state index in [0.717, 1.165) is 0 Å². The molecule has 0 bridgehead atoms. The van der Waals surface area contributed by atoms with E-state index in [2.05, 4.69) is 10.3 Å². The number of benzene rings is 1. The van der Waals surface area contributed by atoms with E-state index in [0.29, 0.717) is 27.9 Å². The number of anilines is 1. The molecule has 0 unspecified atom stereocenters. The lowest BCUT2D eigenvalue weighted by Gasteiger charge is -2.12. The quantitative estimate of drug-likeness (QED) is 0.858. The highest BCUT2D eigenvalue weighted by atomic mass is 35.5. The molecule has 0 fully saturated rings. The number of aromatic nitrogens is 1. The number of ether oxygens (including phenoxy) is 2. The number of methoxy groups -OCH3 is 2. The highest BCUT2D eigenvalue weighted by Gasteiger charge is 2.11.